The standard InChI is InChI=1S/C10H7F3O4/c1-16-9(14)10(15)17-7-3-2-5(11)4-6(7)8(12)13/h2-4,8H,1H3. The lowest BCUT2D eigenvalue weighted by molar-refractivity contribution is -0.160. The van der Waals surface area contributed by atoms with Gasteiger partial charge in [0.2, 0.25) is 0 Å². The molecule has 0 saturated carbocycles. The van der Waals surface area contributed by atoms with Crippen LogP contribution in [0.4, 0.5) is 13.2 Å². The molecule has 0 aliphatic rings. The number of hydrogen-bond donors (Lipinski definition) is 0. The molecule has 1 aromatic carbocycles. The number of carbonyl (C=O) groups is 2. The highest BCUT2D eigenvalue weighted by molar-refractivity contribution is 6.30. The Kier molecular flexibility index (Phi) is 4.08. The van der Waals surface area contributed by atoms with E-state index in [0.717, 1.165) is 19.2 Å². The molecule has 17 heavy (non-hydrogen) atoms. The summed E-state index contributed by atoms with van der Waals surface area (Å²) in [4.78, 5) is 21.7. The third kappa shape index (κ3) is 3.20. The number of hydrogen-bond acceptors (Lipinski definition) is 4. The topological polar surface area (TPSA) is 52.6 Å². The first kappa shape index (κ1) is 13.0. The second-order valence-electron chi connectivity index (χ2n) is 2.86. The van der Waals surface area contributed by atoms with E-state index >= 15 is 0 Å². The molecule has 1 aromatic rings. The highest BCUT2D eigenvalue weighted by atomic mass is 19.3. The summed E-state index contributed by atoms with van der Waals surface area (Å²) in [6.07, 6.45) is -3.04. The summed E-state index contributed by atoms with van der Waals surface area (Å²) in [5.74, 6) is -4.29. The lowest BCUT2D eigenvalue weighted by Crippen LogP contribution is -2.22. The fourth-order valence-corrected chi connectivity index (χ4v) is 1.01. The predicted octanol–water partition coefficient (Wildman–Crippen LogP) is 1.84. The Morgan fingerprint density at radius 3 is 2.41 bits per heavy atom. The van der Waals surface area contributed by atoms with E-state index in [1.54, 1.807) is 0 Å². The minimum absolute atomic E-state index is 0.518. The predicted molar refractivity (Wildman–Crippen MR) is 49.0 cm³/mol. The molecule has 0 atom stereocenters. The quantitative estimate of drug-likeness (QED) is 0.455. The van der Waals surface area contributed by atoms with Gasteiger partial charge in [0, 0.05) is 0 Å². The van der Waals surface area contributed by atoms with Crippen LogP contribution >= 0.6 is 0 Å². The first-order valence-electron chi connectivity index (χ1n) is 4.33. The van der Waals surface area contributed by atoms with Gasteiger partial charge in [-0.1, -0.05) is 0 Å². The van der Waals surface area contributed by atoms with Crippen molar-refractivity contribution in [3.8, 4) is 5.75 Å². The molecule has 0 radical (unpaired) electrons. The number of ether oxygens (including phenoxy) is 2. The van der Waals surface area contributed by atoms with Crippen molar-refractivity contribution in [1.29, 1.82) is 0 Å². The fourth-order valence-electron chi connectivity index (χ4n) is 1.01. The Bertz CT molecular complexity index is 445. The van der Waals surface area contributed by atoms with Crippen molar-refractivity contribution in [2.45, 2.75) is 6.43 Å². The van der Waals surface area contributed by atoms with Gasteiger partial charge in [-0.3, -0.25) is 0 Å². The summed E-state index contributed by atoms with van der Waals surface area (Å²) in [7, 11) is 0.933. The first-order valence-corrected chi connectivity index (χ1v) is 4.33. The molecule has 0 spiro atoms. The molecule has 7 heteroatoms. The van der Waals surface area contributed by atoms with Crippen molar-refractivity contribution in [3.63, 3.8) is 0 Å². The summed E-state index contributed by atoms with van der Waals surface area (Å²) in [6.45, 7) is 0. The van der Waals surface area contributed by atoms with Crippen LogP contribution in [0.15, 0.2) is 18.2 Å². The van der Waals surface area contributed by atoms with Crippen molar-refractivity contribution < 1.29 is 32.2 Å². The molecule has 0 unspecified atom stereocenters. The Morgan fingerprint density at radius 2 is 1.88 bits per heavy atom. The molecule has 0 bridgehead atoms. The maximum atomic E-state index is 12.7. The Morgan fingerprint density at radius 1 is 1.24 bits per heavy atom. The van der Waals surface area contributed by atoms with E-state index in [9.17, 15) is 22.8 Å². The van der Waals surface area contributed by atoms with Crippen LogP contribution in [0, 0.1) is 5.82 Å². The molecule has 0 fully saturated rings. The van der Waals surface area contributed by atoms with Crippen molar-refractivity contribution >= 4 is 11.9 Å². The Labute approximate surface area is 93.9 Å². The molecule has 0 N–H and O–H groups in total. The van der Waals surface area contributed by atoms with E-state index in [0.29, 0.717) is 6.07 Å². The summed E-state index contributed by atoms with van der Waals surface area (Å²) in [5.41, 5.74) is -0.817. The number of methoxy groups -OCH3 is 1. The number of halogens is 3. The number of alkyl halides is 2. The number of benzene rings is 1. The van der Waals surface area contributed by atoms with Gasteiger partial charge in [0.25, 0.3) is 6.43 Å². The highest BCUT2D eigenvalue weighted by Gasteiger charge is 2.22. The zero-order chi connectivity index (χ0) is 13.0. The van der Waals surface area contributed by atoms with E-state index in [1.807, 2.05) is 0 Å². The van der Waals surface area contributed by atoms with Crippen LogP contribution in [0.5, 0.6) is 5.75 Å². The zero-order valence-electron chi connectivity index (χ0n) is 8.58. The van der Waals surface area contributed by atoms with E-state index in [-0.39, 0.29) is 0 Å². The monoisotopic (exact) mass is 248 g/mol. The van der Waals surface area contributed by atoms with Crippen LogP contribution in [0.2, 0.25) is 0 Å². The number of carbonyl (C=O) groups excluding carboxylic acids is 2. The molecule has 0 saturated heterocycles. The molecule has 0 aliphatic heterocycles. The molecular weight excluding hydrogens is 241 g/mol. The smallest absolute Gasteiger partial charge is 0.422 e. The fraction of sp³-hybridized carbons (Fsp3) is 0.200. The second kappa shape index (κ2) is 5.33. The van der Waals surface area contributed by atoms with Crippen LogP contribution < -0.4 is 4.74 Å². The van der Waals surface area contributed by atoms with Crippen LogP contribution in [-0.4, -0.2) is 19.0 Å². The minimum Gasteiger partial charge on any atom is -0.461 e. The number of rotatable bonds is 2. The molecule has 92 valence electrons. The van der Waals surface area contributed by atoms with Gasteiger partial charge in [-0.05, 0) is 18.2 Å². The molecule has 0 aromatic heterocycles. The van der Waals surface area contributed by atoms with E-state index in [1.165, 1.54) is 0 Å². The molecule has 1 rings (SSSR count). The molecular formula is C10H7F3O4. The molecule has 0 amide bonds. The first-order chi connectivity index (χ1) is 7.95. The van der Waals surface area contributed by atoms with Crippen molar-refractivity contribution in [2.24, 2.45) is 0 Å². The van der Waals surface area contributed by atoms with Gasteiger partial charge >= 0.3 is 11.9 Å². The summed E-state index contributed by atoms with van der Waals surface area (Å²) >= 11 is 0. The molecule has 0 aliphatic carbocycles. The number of esters is 2. The van der Waals surface area contributed by atoms with E-state index in [2.05, 4.69) is 9.47 Å². The highest BCUT2D eigenvalue weighted by Crippen LogP contribution is 2.29. The summed E-state index contributed by atoms with van der Waals surface area (Å²) in [5, 5.41) is 0. The normalized spacial score (nSPS) is 10.2. The van der Waals surface area contributed by atoms with Crippen molar-refractivity contribution in [3.05, 3.63) is 29.6 Å². The van der Waals surface area contributed by atoms with Gasteiger partial charge in [-0.15, -0.1) is 0 Å². The average molecular weight is 248 g/mol. The van der Waals surface area contributed by atoms with Crippen molar-refractivity contribution in [2.75, 3.05) is 7.11 Å². The second-order valence-corrected chi connectivity index (χ2v) is 2.86. The van der Waals surface area contributed by atoms with Crippen LogP contribution in [0.1, 0.15) is 12.0 Å². The third-order valence-corrected chi connectivity index (χ3v) is 1.76. The maximum absolute atomic E-state index is 12.7. The van der Waals surface area contributed by atoms with Gasteiger partial charge in [0.1, 0.15) is 11.6 Å². The summed E-state index contributed by atoms with van der Waals surface area (Å²) < 4.78 is 46.0. The van der Waals surface area contributed by atoms with Crippen molar-refractivity contribution in [1.82, 2.24) is 0 Å². The maximum Gasteiger partial charge on any atom is 0.422 e. The molecule has 0 heterocycles. The van der Waals surface area contributed by atoms with Gasteiger partial charge in [0.05, 0.1) is 12.7 Å². The minimum atomic E-state index is -3.04. The zero-order valence-corrected chi connectivity index (χ0v) is 8.58. The van der Waals surface area contributed by atoms with E-state index < -0.39 is 35.5 Å². The van der Waals surface area contributed by atoms with Gasteiger partial charge in [-0.2, -0.15) is 0 Å². The van der Waals surface area contributed by atoms with Gasteiger partial charge in [-0.25, -0.2) is 22.8 Å². The summed E-state index contributed by atoms with van der Waals surface area (Å²) in [6, 6.07) is 2.17. The largest absolute Gasteiger partial charge is 0.461 e. The van der Waals surface area contributed by atoms with Crippen LogP contribution in [0.3, 0.4) is 0 Å². The third-order valence-electron chi connectivity index (χ3n) is 1.76. The van der Waals surface area contributed by atoms with Crippen LogP contribution in [-0.2, 0) is 14.3 Å². The van der Waals surface area contributed by atoms with Gasteiger partial charge < -0.3 is 9.47 Å². The Balaban J connectivity index is 2.98. The lowest BCUT2D eigenvalue weighted by atomic mass is 10.2. The van der Waals surface area contributed by atoms with Gasteiger partial charge in [0.15, 0.2) is 0 Å². The molecule has 4 nitrogen and oxygen atoms in total. The lowest BCUT2D eigenvalue weighted by Gasteiger charge is -2.08. The van der Waals surface area contributed by atoms with E-state index in [4.69, 9.17) is 0 Å². The SMILES string of the molecule is COC(=O)C(=O)Oc1ccc(F)cc1C(F)F. The van der Waals surface area contributed by atoms with Crippen LogP contribution in [0.25, 0.3) is 0 Å². The Hall–Kier alpha value is -2.05. The average Bonchev–Trinajstić information content (AvgIpc) is 2.29.